The van der Waals surface area contributed by atoms with E-state index in [4.69, 9.17) is 4.74 Å². The van der Waals surface area contributed by atoms with Gasteiger partial charge in [-0.2, -0.15) is 0 Å². The van der Waals surface area contributed by atoms with Crippen molar-refractivity contribution in [2.45, 2.75) is 12.5 Å². The largest absolute Gasteiger partial charge is 0.497 e. The SMILES string of the molecule is COc1cccc(C2CN(C(=O)c3ccccc3-n3cnnc3)Cc3[nH]cnc32)c1. The average Bonchev–Trinajstić information content (AvgIpc) is 3.50. The highest BCUT2D eigenvalue weighted by Gasteiger charge is 2.32. The number of hydrogen-bond acceptors (Lipinski definition) is 5. The van der Waals surface area contributed by atoms with E-state index in [1.165, 1.54) is 0 Å². The summed E-state index contributed by atoms with van der Waals surface area (Å²) in [6.45, 7) is 1.01. The van der Waals surface area contributed by atoms with Crippen molar-refractivity contribution < 1.29 is 9.53 Å². The number of nitrogens with zero attached hydrogens (tertiary/aromatic N) is 5. The number of ether oxygens (including phenoxy) is 1. The molecule has 1 amide bonds. The van der Waals surface area contributed by atoms with Gasteiger partial charge in [-0.25, -0.2) is 4.98 Å². The molecule has 1 N–H and O–H groups in total. The van der Waals surface area contributed by atoms with Gasteiger partial charge in [0.2, 0.25) is 0 Å². The second-order valence-electron chi connectivity index (χ2n) is 7.17. The van der Waals surface area contributed by atoms with E-state index in [2.05, 4.69) is 20.2 Å². The number of nitrogens with one attached hydrogen (secondary N) is 1. The van der Waals surface area contributed by atoms with Gasteiger partial charge in [0.25, 0.3) is 5.91 Å². The third-order valence-corrected chi connectivity index (χ3v) is 5.45. The predicted octanol–water partition coefficient (Wildman–Crippen LogP) is 2.79. The lowest BCUT2D eigenvalue weighted by Crippen LogP contribution is -2.39. The molecule has 8 heteroatoms. The highest BCUT2D eigenvalue weighted by Crippen LogP contribution is 2.34. The van der Waals surface area contributed by atoms with Gasteiger partial charge in [0.05, 0.1) is 42.6 Å². The second-order valence-corrected chi connectivity index (χ2v) is 7.17. The smallest absolute Gasteiger partial charge is 0.256 e. The minimum Gasteiger partial charge on any atom is -0.497 e. The summed E-state index contributed by atoms with van der Waals surface area (Å²) in [6, 6.07) is 15.4. The van der Waals surface area contributed by atoms with Crippen LogP contribution < -0.4 is 4.74 Å². The van der Waals surface area contributed by atoms with E-state index >= 15 is 0 Å². The maximum atomic E-state index is 13.6. The number of carbonyl (C=O) groups excluding carboxylic acids is 1. The maximum absolute atomic E-state index is 13.6. The van der Waals surface area contributed by atoms with Crippen LogP contribution in [0.1, 0.15) is 33.2 Å². The number of hydrogen-bond donors (Lipinski definition) is 1. The Hall–Kier alpha value is -3.94. The third-order valence-electron chi connectivity index (χ3n) is 5.45. The molecule has 2 aromatic heterocycles. The van der Waals surface area contributed by atoms with Crippen LogP contribution >= 0.6 is 0 Å². The van der Waals surface area contributed by atoms with Crippen molar-refractivity contribution in [2.24, 2.45) is 0 Å². The Bertz CT molecular complexity index is 1180. The number of aromatic nitrogens is 5. The van der Waals surface area contributed by atoms with Crippen molar-refractivity contribution >= 4 is 5.91 Å². The summed E-state index contributed by atoms with van der Waals surface area (Å²) in [4.78, 5) is 23.2. The first kappa shape index (κ1) is 18.1. The van der Waals surface area contributed by atoms with Gasteiger partial charge in [-0.15, -0.1) is 10.2 Å². The lowest BCUT2D eigenvalue weighted by atomic mass is 9.90. The molecule has 0 spiro atoms. The van der Waals surface area contributed by atoms with Gasteiger partial charge in [0, 0.05) is 12.5 Å². The number of para-hydroxylation sites is 1. The highest BCUT2D eigenvalue weighted by atomic mass is 16.5. The Morgan fingerprint density at radius 2 is 1.97 bits per heavy atom. The van der Waals surface area contributed by atoms with Crippen molar-refractivity contribution in [1.82, 2.24) is 29.6 Å². The molecule has 3 heterocycles. The van der Waals surface area contributed by atoms with Gasteiger partial charge in [-0.05, 0) is 29.8 Å². The summed E-state index contributed by atoms with van der Waals surface area (Å²) in [7, 11) is 1.65. The first-order valence-electron chi connectivity index (χ1n) is 9.64. The average molecular weight is 400 g/mol. The number of fused-ring (bicyclic) bond motifs is 1. The molecule has 4 aromatic rings. The van der Waals surface area contributed by atoms with Crippen molar-refractivity contribution in [2.75, 3.05) is 13.7 Å². The molecule has 0 saturated heterocycles. The Balaban J connectivity index is 1.52. The fourth-order valence-electron chi connectivity index (χ4n) is 3.97. The van der Waals surface area contributed by atoms with Crippen LogP contribution in [0.25, 0.3) is 5.69 Å². The topological polar surface area (TPSA) is 88.9 Å². The molecule has 1 aliphatic rings. The third kappa shape index (κ3) is 3.12. The Morgan fingerprint density at radius 3 is 2.80 bits per heavy atom. The number of rotatable bonds is 4. The zero-order valence-electron chi connectivity index (χ0n) is 16.4. The summed E-state index contributed by atoms with van der Waals surface area (Å²) < 4.78 is 7.14. The van der Waals surface area contributed by atoms with Crippen molar-refractivity contribution in [3.05, 3.63) is 90.0 Å². The molecule has 0 radical (unpaired) electrons. The fraction of sp³-hybridized carbons (Fsp3) is 0.182. The molecule has 1 atom stereocenters. The number of H-pyrrole nitrogens is 1. The molecule has 1 aliphatic heterocycles. The summed E-state index contributed by atoms with van der Waals surface area (Å²) in [6.07, 6.45) is 4.87. The Labute approximate surface area is 173 Å². The first-order valence-corrected chi connectivity index (χ1v) is 9.64. The van der Waals surface area contributed by atoms with Crippen LogP contribution in [-0.4, -0.2) is 49.2 Å². The number of methoxy groups -OCH3 is 1. The Morgan fingerprint density at radius 1 is 1.13 bits per heavy atom. The molecular formula is C22H20N6O2. The lowest BCUT2D eigenvalue weighted by Gasteiger charge is -2.33. The van der Waals surface area contributed by atoms with Gasteiger partial charge in [-0.1, -0.05) is 24.3 Å². The van der Waals surface area contributed by atoms with Gasteiger partial charge >= 0.3 is 0 Å². The molecule has 0 bridgehead atoms. The standard InChI is InChI=1S/C22H20N6O2/c1-30-16-6-4-5-15(9-16)18-10-27(11-19-21(18)24-12-23-19)22(29)17-7-2-3-8-20(17)28-13-25-26-14-28/h2-9,12-14,18H,10-11H2,1H3,(H,23,24). The molecular weight excluding hydrogens is 380 g/mol. The molecule has 150 valence electrons. The number of amides is 1. The highest BCUT2D eigenvalue weighted by molar-refractivity contribution is 5.98. The zero-order chi connectivity index (χ0) is 20.5. The summed E-state index contributed by atoms with van der Waals surface area (Å²) >= 11 is 0. The Kier molecular flexibility index (Phi) is 4.51. The van der Waals surface area contributed by atoms with Gasteiger partial charge in [0.1, 0.15) is 18.4 Å². The maximum Gasteiger partial charge on any atom is 0.256 e. The van der Waals surface area contributed by atoms with E-state index in [9.17, 15) is 4.79 Å². The number of benzene rings is 2. The summed E-state index contributed by atoms with van der Waals surface area (Å²) in [5.74, 6) is 0.694. The number of carbonyl (C=O) groups is 1. The minimum absolute atomic E-state index is 0.0406. The van der Waals surface area contributed by atoms with Crippen molar-refractivity contribution in [3.63, 3.8) is 0 Å². The van der Waals surface area contributed by atoms with Crippen LogP contribution in [0, 0.1) is 0 Å². The zero-order valence-corrected chi connectivity index (χ0v) is 16.4. The molecule has 2 aromatic carbocycles. The molecule has 8 nitrogen and oxygen atoms in total. The monoisotopic (exact) mass is 400 g/mol. The van der Waals surface area contributed by atoms with E-state index in [0.29, 0.717) is 18.7 Å². The van der Waals surface area contributed by atoms with Crippen LogP contribution in [0.15, 0.2) is 67.5 Å². The van der Waals surface area contributed by atoms with E-state index in [0.717, 1.165) is 28.4 Å². The van der Waals surface area contributed by atoms with E-state index in [-0.39, 0.29) is 11.8 Å². The van der Waals surface area contributed by atoms with E-state index < -0.39 is 0 Å². The van der Waals surface area contributed by atoms with Crippen LogP contribution in [0.4, 0.5) is 0 Å². The van der Waals surface area contributed by atoms with Crippen molar-refractivity contribution in [1.29, 1.82) is 0 Å². The van der Waals surface area contributed by atoms with Gasteiger partial charge < -0.3 is 14.6 Å². The number of aromatic amines is 1. The molecule has 5 rings (SSSR count). The van der Waals surface area contributed by atoms with Gasteiger partial charge in [0.15, 0.2) is 0 Å². The van der Waals surface area contributed by atoms with Crippen LogP contribution in [0.2, 0.25) is 0 Å². The first-order chi connectivity index (χ1) is 14.7. The summed E-state index contributed by atoms with van der Waals surface area (Å²) in [5.41, 5.74) is 4.33. The summed E-state index contributed by atoms with van der Waals surface area (Å²) in [5, 5.41) is 7.73. The van der Waals surface area contributed by atoms with Crippen LogP contribution in [-0.2, 0) is 6.54 Å². The van der Waals surface area contributed by atoms with Gasteiger partial charge in [-0.3, -0.25) is 9.36 Å². The quantitative estimate of drug-likeness (QED) is 0.569. The molecule has 30 heavy (non-hydrogen) atoms. The lowest BCUT2D eigenvalue weighted by molar-refractivity contribution is 0.0722. The normalized spacial score (nSPS) is 15.6. The minimum atomic E-state index is -0.0487. The van der Waals surface area contributed by atoms with E-state index in [1.54, 1.807) is 30.7 Å². The van der Waals surface area contributed by atoms with E-state index in [1.807, 2.05) is 53.4 Å². The second kappa shape index (κ2) is 7.47. The van der Waals surface area contributed by atoms with Crippen molar-refractivity contribution in [3.8, 4) is 11.4 Å². The fourth-order valence-corrected chi connectivity index (χ4v) is 3.97. The predicted molar refractivity (Wildman–Crippen MR) is 110 cm³/mol. The van der Waals surface area contributed by atoms with Crippen LogP contribution in [0.5, 0.6) is 5.75 Å². The molecule has 0 fully saturated rings. The molecule has 0 saturated carbocycles. The van der Waals surface area contributed by atoms with Crippen LogP contribution in [0.3, 0.4) is 0 Å². The number of imidazole rings is 1. The molecule has 1 unspecified atom stereocenters. The molecule has 0 aliphatic carbocycles.